The number of nitrogens with one attached hydrogen (secondary N) is 1. The molecule has 0 saturated heterocycles. The minimum absolute atomic E-state index is 0.128. The maximum Gasteiger partial charge on any atom is 0.122 e. The monoisotopic (exact) mass is 289 g/mol. The molecule has 21 heavy (non-hydrogen) atoms. The molecule has 2 N–H and O–H groups in total. The van der Waals surface area contributed by atoms with Gasteiger partial charge < -0.3 is 15.2 Å². The van der Waals surface area contributed by atoms with E-state index in [2.05, 4.69) is 23.5 Å². The van der Waals surface area contributed by atoms with Crippen LogP contribution in [0.15, 0.2) is 24.3 Å². The Labute approximate surface area is 127 Å². The maximum absolute atomic E-state index is 9.78. The number of para-hydroxylation sites is 1. The van der Waals surface area contributed by atoms with Crippen molar-refractivity contribution in [2.24, 2.45) is 5.41 Å². The highest BCUT2D eigenvalue weighted by atomic mass is 16.5. The Bertz CT molecular complexity index is 454. The number of hydrogen-bond donors (Lipinski definition) is 2. The lowest BCUT2D eigenvalue weighted by Gasteiger charge is -2.36. The molecular weight excluding hydrogens is 262 g/mol. The minimum atomic E-state index is 0.128. The average molecular weight is 289 g/mol. The molecule has 1 aromatic carbocycles. The number of aliphatic hydroxyl groups excluding tert-OH is 1. The van der Waals surface area contributed by atoms with E-state index in [1.54, 1.807) is 0 Å². The van der Waals surface area contributed by atoms with E-state index in [0.29, 0.717) is 12.5 Å². The van der Waals surface area contributed by atoms with Gasteiger partial charge >= 0.3 is 0 Å². The van der Waals surface area contributed by atoms with Gasteiger partial charge in [0.1, 0.15) is 5.75 Å². The van der Waals surface area contributed by atoms with E-state index in [0.717, 1.165) is 31.9 Å². The second-order valence-corrected chi connectivity index (χ2v) is 6.72. The van der Waals surface area contributed by atoms with Crippen LogP contribution in [-0.4, -0.2) is 31.4 Å². The number of ether oxygens (including phenoxy) is 1. The van der Waals surface area contributed by atoms with E-state index < -0.39 is 0 Å². The van der Waals surface area contributed by atoms with Crippen LogP contribution in [0.2, 0.25) is 0 Å². The number of rotatable bonds is 5. The lowest BCUT2D eigenvalue weighted by Crippen LogP contribution is -2.40. The molecule has 1 aromatic rings. The molecule has 116 valence electrons. The first-order valence-corrected chi connectivity index (χ1v) is 8.36. The molecule has 1 saturated carbocycles. The summed E-state index contributed by atoms with van der Waals surface area (Å²) < 4.78 is 5.72. The van der Waals surface area contributed by atoms with Crippen molar-refractivity contribution in [2.75, 3.05) is 26.3 Å². The van der Waals surface area contributed by atoms with Crippen molar-refractivity contribution in [3.63, 3.8) is 0 Å². The van der Waals surface area contributed by atoms with Crippen LogP contribution in [0.3, 0.4) is 0 Å². The third kappa shape index (κ3) is 3.41. The third-order valence-corrected chi connectivity index (χ3v) is 5.22. The standard InChI is InChI=1S/C18H27NO2/c20-14-18(9-4-1-5-10-18)13-19-12-15-8-11-21-17-7-3-2-6-16(15)17/h2-3,6-7,15,19-20H,1,4-5,8-14H2. The van der Waals surface area contributed by atoms with E-state index in [1.807, 2.05) is 6.07 Å². The van der Waals surface area contributed by atoms with Gasteiger partial charge in [0.25, 0.3) is 0 Å². The molecule has 3 rings (SSSR count). The summed E-state index contributed by atoms with van der Waals surface area (Å²) in [5.74, 6) is 1.58. The molecule has 0 bridgehead atoms. The number of fused-ring (bicyclic) bond motifs is 1. The highest BCUT2D eigenvalue weighted by Crippen LogP contribution is 2.36. The Hall–Kier alpha value is -1.06. The molecule has 0 amide bonds. The van der Waals surface area contributed by atoms with Crippen molar-refractivity contribution in [3.05, 3.63) is 29.8 Å². The smallest absolute Gasteiger partial charge is 0.122 e. The van der Waals surface area contributed by atoms with Crippen molar-refractivity contribution in [1.82, 2.24) is 5.32 Å². The van der Waals surface area contributed by atoms with Crippen LogP contribution in [0.1, 0.15) is 50.0 Å². The van der Waals surface area contributed by atoms with E-state index >= 15 is 0 Å². The normalized spacial score (nSPS) is 24.1. The summed E-state index contributed by atoms with van der Waals surface area (Å²) in [5, 5.41) is 13.4. The quantitative estimate of drug-likeness (QED) is 0.875. The maximum atomic E-state index is 9.78. The van der Waals surface area contributed by atoms with Crippen LogP contribution < -0.4 is 10.1 Å². The first-order valence-electron chi connectivity index (χ1n) is 8.36. The second-order valence-electron chi connectivity index (χ2n) is 6.72. The zero-order valence-corrected chi connectivity index (χ0v) is 12.8. The first-order chi connectivity index (χ1) is 10.3. The Kier molecular flexibility index (Phi) is 4.81. The topological polar surface area (TPSA) is 41.5 Å². The summed E-state index contributed by atoms with van der Waals surface area (Å²) in [5.41, 5.74) is 1.46. The molecule has 0 aromatic heterocycles. The van der Waals surface area contributed by atoms with Crippen LogP contribution >= 0.6 is 0 Å². The fraction of sp³-hybridized carbons (Fsp3) is 0.667. The van der Waals surface area contributed by atoms with Gasteiger partial charge in [-0.3, -0.25) is 0 Å². The van der Waals surface area contributed by atoms with Crippen LogP contribution in [0, 0.1) is 5.41 Å². The van der Waals surface area contributed by atoms with Gasteiger partial charge in [-0.1, -0.05) is 37.5 Å². The largest absolute Gasteiger partial charge is 0.493 e. The number of benzene rings is 1. The Balaban J connectivity index is 1.56. The molecule has 1 atom stereocenters. The van der Waals surface area contributed by atoms with Gasteiger partial charge in [0.15, 0.2) is 0 Å². The van der Waals surface area contributed by atoms with Crippen LogP contribution in [0.4, 0.5) is 0 Å². The Morgan fingerprint density at radius 2 is 2.00 bits per heavy atom. The summed E-state index contributed by atoms with van der Waals surface area (Å²) in [6, 6.07) is 8.38. The van der Waals surface area contributed by atoms with E-state index in [9.17, 15) is 5.11 Å². The van der Waals surface area contributed by atoms with Crippen LogP contribution in [0.25, 0.3) is 0 Å². The summed E-state index contributed by atoms with van der Waals surface area (Å²) in [4.78, 5) is 0. The van der Waals surface area contributed by atoms with Gasteiger partial charge in [-0.15, -0.1) is 0 Å². The van der Waals surface area contributed by atoms with Crippen molar-refractivity contribution in [2.45, 2.75) is 44.4 Å². The average Bonchev–Trinajstić information content (AvgIpc) is 2.56. The predicted octanol–water partition coefficient (Wildman–Crippen LogP) is 3.09. The zero-order valence-electron chi connectivity index (χ0n) is 12.8. The fourth-order valence-corrected chi connectivity index (χ4v) is 3.83. The van der Waals surface area contributed by atoms with Crippen molar-refractivity contribution in [3.8, 4) is 5.75 Å². The lowest BCUT2D eigenvalue weighted by atomic mass is 9.74. The molecule has 1 aliphatic carbocycles. The van der Waals surface area contributed by atoms with Crippen LogP contribution in [-0.2, 0) is 0 Å². The third-order valence-electron chi connectivity index (χ3n) is 5.22. The molecule has 3 nitrogen and oxygen atoms in total. The molecule has 1 heterocycles. The van der Waals surface area contributed by atoms with E-state index in [-0.39, 0.29) is 5.41 Å². The summed E-state index contributed by atoms with van der Waals surface area (Å²) in [7, 11) is 0. The molecule has 1 aliphatic heterocycles. The molecule has 1 fully saturated rings. The summed E-state index contributed by atoms with van der Waals surface area (Å²) in [6.07, 6.45) is 7.28. The van der Waals surface area contributed by atoms with E-state index in [4.69, 9.17) is 4.74 Å². The minimum Gasteiger partial charge on any atom is -0.493 e. The highest BCUT2D eigenvalue weighted by Gasteiger charge is 2.31. The number of hydrogen-bond acceptors (Lipinski definition) is 3. The van der Waals surface area contributed by atoms with Gasteiger partial charge in [-0.2, -0.15) is 0 Å². The lowest BCUT2D eigenvalue weighted by molar-refractivity contribution is 0.0807. The summed E-state index contributed by atoms with van der Waals surface area (Å²) >= 11 is 0. The second kappa shape index (κ2) is 6.80. The molecule has 0 radical (unpaired) electrons. The van der Waals surface area contributed by atoms with Gasteiger partial charge in [-0.05, 0) is 30.9 Å². The van der Waals surface area contributed by atoms with E-state index in [1.165, 1.54) is 37.7 Å². The highest BCUT2D eigenvalue weighted by molar-refractivity contribution is 5.37. The molecule has 1 unspecified atom stereocenters. The molecule has 2 aliphatic rings. The predicted molar refractivity (Wildman–Crippen MR) is 84.8 cm³/mol. The van der Waals surface area contributed by atoms with Crippen molar-refractivity contribution >= 4 is 0 Å². The van der Waals surface area contributed by atoms with Gasteiger partial charge in [-0.25, -0.2) is 0 Å². The van der Waals surface area contributed by atoms with Crippen LogP contribution in [0.5, 0.6) is 5.75 Å². The molecule has 3 heteroatoms. The summed E-state index contributed by atoms with van der Waals surface area (Å²) in [6.45, 7) is 3.07. The number of aliphatic hydroxyl groups is 1. The first kappa shape index (κ1) is 14.9. The molecule has 0 spiro atoms. The van der Waals surface area contributed by atoms with Crippen molar-refractivity contribution < 1.29 is 9.84 Å². The van der Waals surface area contributed by atoms with Crippen molar-refractivity contribution in [1.29, 1.82) is 0 Å². The molecular formula is C18H27NO2. The Morgan fingerprint density at radius 3 is 2.81 bits per heavy atom. The van der Waals surface area contributed by atoms with Gasteiger partial charge in [0, 0.05) is 31.0 Å². The van der Waals surface area contributed by atoms with Gasteiger partial charge in [0.2, 0.25) is 0 Å². The Morgan fingerprint density at radius 1 is 1.19 bits per heavy atom. The fourth-order valence-electron chi connectivity index (χ4n) is 3.83. The SMILES string of the molecule is OCC1(CNCC2CCOc3ccccc32)CCCCC1. The van der Waals surface area contributed by atoms with Gasteiger partial charge in [0.05, 0.1) is 6.61 Å². The zero-order chi connectivity index (χ0) is 14.5.